The van der Waals surface area contributed by atoms with Crippen molar-refractivity contribution in [1.29, 1.82) is 0 Å². The van der Waals surface area contributed by atoms with Crippen LogP contribution in [0.3, 0.4) is 0 Å². The lowest BCUT2D eigenvalue weighted by Crippen LogP contribution is -2.33. The number of hydrogen-bond donors (Lipinski definition) is 2. The molecule has 0 spiro atoms. The first-order chi connectivity index (χ1) is 18.7. The molecule has 210 valence electrons. The fourth-order valence-corrected chi connectivity index (χ4v) is 5.78. The van der Waals surface area contributed by atoms with Crippen LogP contribution in [0.25, 0.3) is 0 Å². The van der Waals surface area contributed by atoms with Gasteiger partial charge in [-0.15, -0.1) is 0 Å². The van der Waals surface area contributed by atoms with Gasteiger partial charge in [-0.2, -0.15) is 0 Å². The highest BCUT2D eigenvalue weighted by atomic mass is 79.9. The van der Waals surface area contributed by atoms with Gasteiger partial charge < -0.3 is 10.2 Å². The maximum atomic E-state index is 13.2. The molecule has 0 heterocycles. The molecule has 2 aliphatic carbocycles. The standard InChI is InChI=1S/C32H34Br2N2O4/c1-31(2)15-23(35-21-9-5-19(33)6-10-21)29(27(39)17-31)25(37)13-14-26(38)30-24(16-32(3,4)18-28(30)40)36-22-11-7-20(34)8-12-22/h5-12,37-38H,13-18H2,1-4H3. The molecule has 4 rings (SSSR count). The van der Waals surface area contributed by atoms with Gasteiger partial charge in [0.2, 0.25) is 0 Å². The van der Waals surface area contributed by atoms with Crippen LogP contribution in [0.4, 0.5) is 11.4 Å². The Morgan fingerprint density at radius 1 is 0.650 bits per heavy atom. The Morgan fingerprint density at radius 2 is 0.975 bits per heavy atom. The molecule has 0 aliphatic heterocycles. The van der Waals surface area contributed by atoms with E-state index in [0.717, 1.165) is 8.95 Å². The second kappa shape index (κ2) is 12.0. The molecule has 2 fully saturated rings. The first-order valence-electron chi connectivity index (χ1n) is 13.3. The van der Waals surface area contributed by atoms with Crippen molar-refractivity contribution < 1.29 is 19.8 Å². The molecule has 0 saturated heterocycles. The van der Waals surface area contributed by atoms with E-state index in [-0.39, 0.29) is 70.7 Å². The first-order valence-corrected chi connectivity index (χ1v) is 14.9. The number of Topliss-reactive ketones (excluding diaryl/α,β-unsaturated/α-hetero) is 2. The Hall–Kier alpha value is -2.84. The maximum Gasteiger partial charge on any atom is 0.168 e. The van der Waals surface area contributed by atoms with Gasteiger partial charge in [0.1, 0.15) is 11.5 Å². The Bertz CT molecular complexity index is 1340. The fourth-order valence-electron chi connectivity index (χ4n) is 5.25. The second-order valence-corrected chi connectivity index (χ2v) is 13.9. The normalized spacial score (nSPS) is 23.4. The van der Waals surface area contributed by atoms with Crippen LogP contribution < -0.4 is 0 Å². The summed E-state index contributed by atoms with van der Waals surface area (Å²) in [5, 5.41) is 22.3. The van der Waals surface area contributed by atoms with Gasteiger partial charge in [-0.25, -0.2) is 0 Å². The van der Waals surface area contributed by atoms with Gasteiger partial charge in [-0.1, -0.05) is 59.6 Å². The van der Waals surface area contributed by atoms with Crippen LogP contribution in [-0.2, 0) is 9.59 Å². The Morgan fingerprint density at radius 3 is 1.30 bits per heavy atom. The van der Waals surface area contributed by atoms with Gasteiger partial charge in [-0.05, 0) is 72.2 Å². The number of ketones is 2. The zero-order valence-corrected chi connectivity index (χ0v) is 26.4. The van der Waals surface area contributed by atoms with E-state index in [0.29, 0.717) is 35.6 Å². The molecule has 0 unspecified atom stereocenters. The van der Waals surface area contributed by atoms with E-state index in [1.807, 2.05) is 76.2 Å². The molecule has 2 saturated carbocycles. The van der Waals surface area contributed by atoms with Crippen LogP contribution in [0.2, 0.25) is 0 Å². The Kier molecular flexibility index (Phi) is 9.00. The lowest BCUT2D eigenvalue weighted by Gasteiger charge is -2.32. The summed E-state index contributed by atoms with van der Waals surface area (Å²) in [6.07, 6.45) is 1.63. The molecule has 0 bridgehead atoms. The van der Waals surface area contributed by atoms with Crippen molar-refractivity contribution in [2.45, 2.75) is 66.2 Å². The molecule has 0 radical (unpaired) electrons. The molecule has 40 heavy (non-hydrogen) atoms. The topological polar surface area (TPSA) is 99.3 Å². The molecule has 0 aromatic heterocycles. The second-order valence-electron chi connectivity index (χ2n) is 12.1. The fraction of sp³-hybridized carbons (Fsp3) is 0.375. The number of aliphatic imine (C=N–C) groups is 2. The molecule has 0 atom stereocenters. The first kappa shape index (κ1) is 30.1. The molecule has 2 N–H and O–H groups in total. The molecule has 6 nitrogen and oxygen atoms in total. The van der Waals surface area contributed by atoms with Crippen LogP contribution >= 0.6 is 31.9 Å². The van der Waals surface area contributed by atoms with Gasteiger partial charge in [0.15, 0.2) is 11.6 Å². The van der Waals surface area contributed by atoms with E-state index < -0.39 is 0 Å². The summed E-state index contributed by atoms with van der Waals surface area (Å²) in [5.41, 5.74) is 2.26. The highest BCUT2D eigenvalue weighted by molar-refractivity contribution is 9.10. The minimum absolute atomic E-state index is 0.00156. The zero-order valence-electron chi connectivity index (χ0n) is 23.2. The van der Waals surface area contributed by atoms with Crippen LogP contribution in [0.15, 0.2) is 90.1 Å². The number of aliphatic hydroxyl groups excluding tert-OH is 2. The molecular formula is C32H34Br2N2O4. The molecule has 8 heteroatoms. The number of allylic oxidation sites excluding steroid dienone is 4. The highest BCUT2D eigenvalue weighted by Gasteiger charge is 2.38. The van der Waals surface area contributed by atoms with Crippen LogP contribution in [0.5, 0.6) is 0 Å². The third-order valence-corrected chi connectivity index (χ3v) is 8.12. The van der Waals surface area contributed by atoms with E-state index in [1.165, 1.54) is 0 Å². The zero-order chi connectivity index (χ0) is 29.2. The Balaban J connectivity index is 1.67. The molecule has 0 amide bonds. The number of nitrogens with zero attached hydrogens (tertiary/aromatic N) is 2. The molecular weight excluding hydrogens is 636 g/mol. The van der Waals surface area contributed by atoms with Crippen molar-refractivity contribution in [2.75, 3.05) is 0 Å². The van der Waals surface area contributed by atoms with Gasteiger partial charge in [0.25, 0.3) is 0 Å². The summed E-state index contributed by atoms with van der Waals surface area (Å²) in [4.78, 5) is 35.8. The predicted molar refractivity (Wildman–Crippen MR) is 167 cm³/mol. The van der Waals surface area contributed by atoms with Gasteiger partial charge in [0.05, 0.1) is 33.9 Å². The number of benzene rings is 2. The maximum absolute atomic E-state index is 13.2. The van der Waals surface area contributed by atoms with E-state index in [1.54, 1.807) is 0 Å². The lowest BCUT2D eigenvalue weighted by atomic mass is 9.72. The molecule has 2 aliphatic rings. The van der Waals surface area contributed by atoms with E-state index in [9.17, 15) is 19.8 Å². The summed E-state index contributed by atoms with van der Waals surface area (Å²) in [6.45, 7) is 8.03. The average molecular weight is 670 g/mol. The van der Waals surface area contributed by atoms with Crippen molar-refractivity contribution >= 4 is 66.2 Å². The number of rotatable bonds is 5. The highest BCUT2D eigenvalue weighted by Crippen LogP contribution is 2.39. The molecule has 2 aromatic carbocycles. The third-order valence-electron chi connectivity index (χ3n) is 7.06. The smallest absolute Gasteiger partial charge is 0.168 e. The SMILES string of the molecule is CC1(C)CC(=O)C(=C(O)CCC(O)=C2C(=O)CC(C)(C)CC2=Nc2ccc(Br)cc2)C(=Nc2ccc(Br)cc2)C1. The van der Waals surface area contributed by atoms with Crippen molar-refractivity contribution in [3.63, 3.8) is 0 Å². The van der Waals surface area contributed by atoms with Gasteiger partial charge in [-0.3, -0.25) is 19.6 Å². The third kappa shape index (κ3) is 7.46. The summed E-state index contributed by atoms with van der Waals surface area (Å²) in [5.74, 6) is -0.605. The van der Waals surface area contributed by atoms with Gasteiger partial charge in [0, 0.05) is 34.6 Å². The predicted octanol–water partition coefficient (Wildman–Crippen LogP) is 9.24. The van der Waals surface area contributed by atoms with Crippen molar-refractivity contribution in [3.05, 3.63) is 80.1 Å². The number of aliphatic hydroxyl groups is 2. The average Bonchev–Trinajstić information content (AvgIpc) is 2.83. The van der Waals surface area contributed by atoms with Crippen molar-refractivity contribution in [2.24, 2.45) is 20.8 Å². The van der Waals surface area contributed by atoms with E-state index in [2.05, 4.69) is 31.9 Å². The number of carbonyl (C=O) groups is 2. The number of carbonyl (C=O) groups excluding carboxylic acids is 2. The number of halogens is 2. The monoisotopic (exact) mass is 668 g/mol. The summed E-state index contributed by atoms with van der Waals surface area (Å²) < 4.78 is 1.84. The Labute approximate surface area is 252 Å². The molecule has 2 aromatic rings. The quantitative estimate of drug-likeness (QED) is 0.245. The largest absolute Gasteiger partial charge is 0.511 e. The summed E-state index contributed by atoms with van der Waals surface area (Å²) >= 11 is 6.84. The minimum atomic E-state index is -0.293. The minimum Gasteiger partial charge on any atom is -0.511 e. The van der Waals surface area contributed by atoms with E-state index in [4.69, 9.17) is 9.98 Å². The van der Waals surface area contributed by atoms with Crippen LogP contribution in [0, 0.1) is 10.8 Å². The van der Waals surface area contributed by atoms with Gasteiger partial charge >= 0.3 is 0 Å². The van der Waals surface area contributed by atoms with Crippen molar-refractivity contribution in [1.82, 2.24) is 0 Å². The van der Waals surface area contributed by atoms with E-state index >= 15 is 0 Å². The summed E-state index contributed by atoms with van der Waals surface area (Å²) in [6, 6.07) is 14.9. The van der Waals surface area contributed by atoms with Crippen LogP contribution in [0.1, 0.15) is 66.2 Å². The lowest BCUT2D eigenvalue weighted by molar-refractivity contribution is -0.118. The van der Waals surface area contributed by atoms with Crippen molar-refractivity contribution in [3.8, 4) is 0 Å². The summed E-state index contributed by atoms with van der Waals surface area (Å²) in [7, 11) is 0. The van der Waals surface area contributed by atoms with Crippen LogP contribution in [-0.4, -0.2) is 33.2 Å². The number of hydrogen-bond acceptors (Lipinski definition) is 6.